The smallest absolute Gasteiger partial charge is 0.318 e. The molecule has 0 unspecified atom stereocenters. The quantitative estimate of drug-likeness (QED) is 0.551. The van der Waals surface area contributed by atoms with Gasteiger partial charge in [-0.1, -0.05) is 30.3 Å². The Hall–Kier alpha value is -2.99. The Labute approximate surface area is 190 Å². The maximum atomic E-state index is 6.13. The van der Waals surface area contributed by atoms with Gasteiger partial charge >= 0.3 is 6.01 Å². The van der Waals surface area contributed by atoms with Crippen LogP contribution in [-0.2, 0) is 13.0 Å². The molecule has 1 fully saturated rings. The van der Waals surface area contributed by atoms with Crippen LogP contribution in [0.25, 0.3) is 10.8 Å². The van der Waals surface area contributed by atoms with E-state index in [1.54, 1.807) is 0 Å². The molecule has 5 rings (SSSR count). The van der Waals surface area contributed by atoms with Crippen LogP contribution in [0.2, 0.25) is 0 Å². The molecule has 2 aliphatic heterocycles. The number of hydrogen-bond acceptors (Lipinski definition) is 6. The summed E-state index contributed by atoms with van der Waals surface area (Å²) in [5.41, 5.74) is 4.63. The van der Waals surface area contributed by atoms with Gasteiger partial charge in [0.1, 0.15) is 6.61 Å². The normalized spacial score (nSPS) is 21.0. The molecule has 6 heteroatoms. The van der Waals surface area contributed by atoms with Crippen LogP contribution in [0, 0.1) is 6.92 Å². The molecule has 0 N–H and O–H groups in total. The summed E-state index contributed by atoms with van der Waals surface area (Å²) in [6.45, 7) is 11.5. The Balaban J connectivity index is 1.45. The highest BCUT2D eigenvalue weighted by molar-refractivity contribution is 5.97. The molecule has 0 aliphatic carbocycles. The highest BCUT2D eigenvalue weighted by Crippen LogP contribution is 2.35. The van der Waals surface area contributed by atoms with E-state index in [1.807, 2.05) is 0 Å². The summed E-state index contributed by atoms with van der Waals surface area (Å²) in [4.78, 5) is 18.4. The third-order valence-corrected chi connectivity index (χ3v) is 7.25. The molecule has 0 amide bonds. The molecule has 32 heavy (non-hydrogen) atoms. The summed E-state index contributed by atoms with van der Waals surface area (Å²) < 4.78 is 6.13. The number of aromatic nitrogens is 2. The van der Waals surface area contributed by atoms with E-state index in [2.05, 4.69) is 83.8 Å². The Morgan fingerprint density at radius 1 is 1.16 bits per heavy atom. The van der Waals surface area contributed by atoms with Crippen molar-refractivity contribution in [3.63, 3.8) is 0 Å². The summed E-state index contributed by atoms with van der Waals surface area (Å²) in [7, 11) is 2.16. The van der Waals surface area contributed by atoms with Gasteiger partial charge in [-0.15, -0.1) is 0 Å². The molecule has 0 bridgehead atoms. The van der Waals surface area contributed by atoms with Crippen LogP contribution in [0.1, 0.15) is 36.6 Å². The van der Waals surface area contributed by atoms with Gasteiger partial charge < -0.3 is 9.64 Å². The summed E-state index contributed by atoms with van der Waals surface area (Å²) in [6, 6.07) is 13.4. The number of aryl methyl sites for hydroxylation is 1. The van der Waals surface area contributed by atoms with Crippen LogP contribution in [-0.4, -0.2) is 53.9 Å². The fourth-order valence-electron chi connectivity index (χ4n) is 5.12. The molecule has 1 atom stereocenters. The molecular weight excluding hydrogens is 398 g/mol. The van der Waals surface area contributed by atoms with Gasteiger partial charge in [0.25, 0.3) is 0 Å². The van der Waals surface area contributed by atoms with Gasteiger partial charge in [0.15, 0.2) is 5.82 Å². The van der Waals surface area contributed by atoms with Gasteiger partial charge in [-0.2, -0.15) is 9.97 Å². The Morgan fingerprint density at radius 2 is 1.97 bits per heavy atom. The molecule has 0 saturated carbocycles. The van der Waals surface area contributed by atoms with Crippen molar-refractivity contribution >= 4 is 29.0 Å². The van der Waals surface area contributed by atoms with Crippen molar-refractivity contribution in [1.82, 2.24) is 14.9 Å². The second-order valence-corrected chi connectivity index (χ2v) is 9.35. The number of rotatable bonds is 5. The average molecular weight is 430 g/mol. The number of hydrogen-bond donors (Lipinski definition) is 0. The first kappa shape index (κ1) is 20.9. The predicted octanol–water partition coefficient (Wildman–Crippen LogP) is 4.70. The number of likely N-dealkylation sites (N-methyl/N-ethyl adjacent to an activating group) is 1. The van der Waals surface area contributed by atoms with Gasteiger partial charge in [0.05, 0.1) is 17.8 Å². The van der Waals surface area contributed by atoms with E-state index in [9.17, 15) is 0 Å². The molecule has 2 aromatic carbocycles. The third-order valence-electron chi connectivity index (χ3n) is 7.25. The van der Waals surface area contributed by atoms with Gasteiger partial charge in [0.2, 0.25) is 0 Å². The summed E-state index contributed by atoms with van der Waals surface area (Å²) >= 11 is 0. The van der Waals surface area contributed by atoms with Crippen LogP contribution in [0.15, 0.2) is 41.4 Å². The third kappa shape index (κ3) is 3.62. The van der Waals surface area contributed by atoms with Gasteiger partial charge in [-0.25, -0.2) is 4.99 Å². The van der Waals surface area contributed by atoms with E-state index < -0.39 is 0 Å². The van der Waals surface area contributed by atoms with Gasteiger partial charge in [0, 0.05) is 23.2 Å². The minimum absolute atomic E-state index is 0.0214. The fourth-order valence-corrected chi connectivity index (χ4v) is 5.12. The number of aliphatic imine (C=N–C) groups is 1. The lowest BCUT2D eigenvalue weighted by Gasteiger charge is -2.33. The average Bonchev–Trinajstić information content (AvgIpc) is 3.14. The molecule has 0 radical (unpaired) electrons. The summed E-state index contributed by atoms with van der Waals surface area (Å²) in [5.74, 6) is 0.656. The zero-order chi connectivity index (χ0) is 22.3. The summed E-state index contributed by atoms with van der Waals surface area (Å²) in [5, 5.41) is 2.57. The van der Waals surface area contributed by atoms with Crippen molar-refractivity contribution in [3.05, 3.63) is 53.2 Å². The molecular formula is C26H31N5O. The van der Waals surface area contributed by atoms with E-state index in [1.165, 1.54) is 28.4 Å². The van der Waals surface area contributed by atoms with Crippen molar-refractivity contribution < 1.29 is 4.74 Å². The zero-order valence-corrected chi connectivity index (χ0v) is 19.3. The lowest BCUT2D eigenvalue weighted by atomic mass is 10.00. The Bertz CT molecular complexity index is 1170. The van der Waals surface area contributed by atoms with E-state index >= 15 is 0 Å². The lowest BCUT2D eigenvalue weighted by Crippen LogP contribution is -2.43. The van der Waals surface area contributed by atoms with Crippen molar-refractivity contribution in [2.24, 2.45) is 4.99 Å². The van der Waals surface area contributed by atoms with Crippen LogP contribution in [0.4, 0.5) is 11.5 Å². The van der Waals surface area contributed by atoms with E-state index in [4.69, 9.17) is 9.72 Å². The highest BCUT2D eigenvalue weighted by atomic mass is 16.5. The number of anilines is 1. The number of likely N-dealkylation sites (tertiary alicyclic amines) is 1. The maximum Gasteiger partial charge on any atom is 0.318 e. The zero-order valence-electron chi connectivity index (χ0n) is 19.3. The van der Waals surface area contributed by atoms with Gasteiger partial charge in [-0.3, -0.25) is 4.90 Å². The molecule has 3 aromatic rings. The van der Waals surface area contributed by atoms with E-state index in [-0.39, 0.29) is 5.54 Å². The molecule has 2 aliphatic rings. The largest absolute Gasteiger partial charge is 0.461 e. The number of fused-ring (bicyclic) bond motifs is 2. The molecule has 166 valence electrons. The van der Waals surface area contributed by atoms with E-state index in [0.717, 1.165) is 37.2 Å². The van der Waals surface area contributed by atoms with Crippen molar-refractivity contribution in [2.45, 2.75) is 45.2 Å². The predicted molar refractivity (Wildman–Crippen MR) is 130 cm³/mol. The second kappa shape index (κ2) is 8.17. The Morgan fingerprint density at radius 3 is 2.72 bits per heavy atom. The number of benzene rings is 2. The minimum atomic E-state index is 0.0214. The number of nitrogens with zero attached hydrogens (tertiary/aromatic N) is 5. The first-order valence-corrected chi connectivity index (χ1v) is 11.4. The maximum absolute atomic E-state index is 6.13. The fraction of sp³-hybridized carbons (Fsp3) is 0.423. The van der Waals surface area contributed by atoms with E-state index in [0.29, 0.717) is 25.0 Å². The molecule has 0 spiro atoms. The topological polar surface area (TPSA) is 53.9 Å². The summed E-state index contributed by atoms with van der Waals surface area (Å²) in [6.07, 6.45) is 3.15. The first-order valence-electron chi connectivity index (χ1n) is 11.4. The first-order chi connectivity index (χ1) is 15.5. The molecule has 1 aromatic heterocycles. The molecule has 3 heterocycles. The minimum Gasteiger partial charge on any atom is -0.461 e. The van der Waals surface area contributed by atoms with Crippen molar-refractivity contribution in [1.29, 1.82) is 0 Å². The standard InChI is InChI=1S/C26H31N5O/c1-18-8-5-9-19-10-6-11-22(23(18)19)31-15-12-20-21(16-31)28-25(29-24(20)27-3)32-17-26(2)13-7-14-30(26)4/h5-6,8-11H,3,7,12-17H2,1-2,4H3/t26-/m0/s1. The Kier molecular flexibility index (Phi) is 5.33. The van der Waals surface area contributed by atoms with Crippen LogP contribution >= 0.6 is 0 Å². The number of ether oxygens (including phenoxy) is 1. The molecule has 1 saturated heterocycles. The SMILES string of the molecule is C=Nc1nc(OC[C@]2(C)CCCN2C)nc2c1CCN(c1cccc3cccc(C)c13)C2. The van der Waals surface area contributed by atoms with Crippen LogP contribution in [0.3, 0.4) is 0 Å². The highest BCUT2D eigenvalue weighted by Gasteiger charge is 2.35. The van der Waals surface area contributed by atoms with Crippen molar-refractivity contribution in [2.75, 3.05) is 31.6 Å². The van der Waals surface area contributed by atoms with Gasteiger partial charge in [-0.05, 0) is 70.4 Å². The van der Waals surface area contributed by atoms with Crippen LogP contribution in [0.5, 0.6) is 6.01 Å². The monoisotopic (exact) mass is 429 g/mol. The second-order valence-electron chi connectivity index (χ2n) is 9.35. The molecule has 6 nitrogen and oxygen atoms in total. The van der Waals surface area contributed by atoms with Crippen molar-refractivity contribution in [3.8, 4) is 6.01 Å². The lowest BCUT2D eigenvalue weighted by molar-refractivity contribution is 0.107. The van der Waals surface area contributed by atoms with Crippen LogP contribution < -0.4 is 9.64 Å².